The van der Waals surface area contributed by atoms with E-state index < -0.39 is 12.0 Å². The summed E-state index contributed by atoms with van der Waals surface area (Å²) < 4.78 is 20.9. The first-order valence-corrected chi connectivity index (χ1v) is 10.9. The summed E-state index contributed by atoms with van der Waals surface area (Å²) >= 11 is 0. The molecule has 0 aliphatic carbocycles. The summed E-state index contributed by atoms with van der Waals surface area (Å²) in [6.07, 6.45) is 1.62. The van der Waals surface area contributed by atoms with Gasteiger partial charge in [0.2, 0.25) is 17.7 Å². The van der Waals surface area contributed by atoms with E-state index in [1.807, 2.05) is 0 Å². The van der Waals surface area contributed by atoms with Gasteiger partial charge in [0.25, 0.3) is 0 Å². The predicted octanol–water partition coefficient (Wildman–Crippen LogP) is -2.00. The van der Waals surface area contributed by atoms with Crippen LogP contribution in [0.2, 0.25) is 0 Å². The standard InChI is InChI=1S/C20H38N4O9/c1-16(25)22-6-8-30-10-12-33-15-19(27)24-7-9-31-11-13-32-14-18(26)23-5-3-2-4-17(21)20(28)29/h17H,2-15,21H2,1H3,(H,22,25)(H,23,26)(H,24,27)(H,28,29)/t17-/m0/s1. The molecule has 0 radical (unpaired) electrons. The van der Waals surface area contributed by atoms with Gasteiger partial charge in [-0.15, -0.1) is 0 Å². The van der Waals surface area contributed by atoms with Crippen LogP contribution in [0.1, 0.15) is 26.2 Å². The fourth-order valence-electron chi connectivity index (χ4n) is 2.27. The highest BCUT2D eigenvalue weighted by Crippen LogP contribution is 1.98. The van der Waals surface area contributed by atoms with Crippen LogP contribution in [0.25, 0.3) is 0 Å². The first kappa shape index (κ1) is 30.7. The van der Waals surface area contributed by atoms with Gasteiger partial charge in [0.05, 0.1) is 39.6 Å². The van der Waals surface area contributed by atoms with E-state index in [4.69, 9.17) is 29.8 Å². The third-order valence-corrected chi connectivity index (χ3v) is 3.98. The zero-order chi connectivity index (χ0) is 24.7. The Labute approximate surface area is 194 Å². The molecule has 0 aromatic rings. The minimum absolute atomic E-state index is 0.0837. The van der Waals surface area contributed by atoms with E-state index in [2.05, 4.69) is 16.0 Å². The van der Waals surface area contributed by atoms with Crippen LogP contribution in [0.15, 0.2) is 0 Å². The van der Waals surface area contributed by atoms with Crippen LogP contribution in [0.5, 0.6) is 0 Å². The van der Waals surface area contributed by atoms with Gasteiger partial charge in [-0.2, -0.15) is 0 Å². The number of hydrogen-bond acceptors (Lipinski definition) is 9. The lowest BCUT2D eigenvalue weighted by molar-refractivity contribution is -0.138. The summed E-state index contributed by atoms with van der Waals surface area (Å²) in [4.78, 5) is 44.4. The SMILES string of the molecule is CC(=O)NCCOCCOCC(=O)NCCOCCOCC(=O)NCCCC[C@H](N)C(=O)O. The van der Waals surface area contributed by atoms with Gasteiger partial charge in [0.1, 0.15) is 19.3 Å². The zero-order valence-corrected chi connectivity index (χ0v) is 19.3. The number of nitrogens with two attached hydrogens (primary N) is 1. The fourth-order valence-corrected chi connectivity index (χ4v) is 2.27. The van der Waals surface area contributed by atoms with Crippen molar-refractivity contribution in [2.24, 2.45) is 5.73 Å². The molecular formula is C20H38N4O9. The summed E-state index contributed by atoms with van der Waals surface area (Å²) in [5.41, 5.74) is 5.39. The summed E-state index contributed by atoms with van der Waals surface area (Å²) in [7, 11) is 0. The van der Waals surface area contributed by atoms with Crippen molar-refractivity contribution in [2.45, 2.75) is 32.2 Å². The molecule has 0 saturated carbocycles. The topological polar surface area (TPSA) is 188 Å². The number of aliphatic carboxylic acids is 1. The minimum Gasteiger partial charge on any atom is -0.480 e. The summed E-state index contributed by atoms with van der Waals surface area (Å²) in [5, 5.41) is 16.6. The van der Waals surface area contributed by atoms with Gasteiger partial charge in [-0.3, -0.25) is 19.2 Å². The molecule has 0 bridgehead atoms. The van der Waals surface area contributed by atoms with Gasteiger partial charge >= 0.3 is 5.97 Å². The molecule has 1 atom stereocenters. The smallest absolute Gasteiger partial charge is 0.320 e. The van der Waals surface area contributed by atoms with Crippen LogP contribution in [0.3, 0.4) is 0 Å². The Hall–Kier alpha value is -2.32. The number of carbonyl (C=O) groups excluding carboxylic acids is 3. The lowest BCUT2D eigenvalue weighted by Crippen LogP contribution is -2.32. The minimum atomic E-state index is -1.03. The average molecular weight is 479 g/mol. The molecule has 13 nitrogen and oxygen atoms in total. The van der Waals surface area contributed by atoms with Gasteiger partial charge < -0.3 is 45.7 Å². The lowest BCUT2D eigenvalue weighted by Gasteiger charge is -2.09. The maximum atomic E-state index is 11.6. The molecular weight excluding hydrogens is 440 g/mol. The number of nitrogens with one attached hydrogen (secondary N) is 3. The largest absolute Gasteiger partial charge is 0.480 e. The van der Waals surface area contributed by atoms with Gasteiger partial charge in [0, 0.05) is 26.6 Å². The number of amides is 3. The van der Waals surface area contributed by atoms with E-state index in [9.17, 15) is 19.2 Å². The molecule has 13 heteroatoms. The van der Waals surface area contributed by atoms with Crippen LogP contribution in [-0.2, 0) is 38.1 Å². The summed E-state index contributed by atoms with van der Waals surface area (Å²) in [6, 6.07) is -0.871. The van der Waals surface area contributed by atoms with E-state index in [0.717, 1.165) is 0 Å². The number of carbonyl (C=O) groups is 4. The highest BCUT2D eigenvalue weighted by molar-refractivity contribution is 5.77. The van der Waals surface area contributed by atoms with Gasteiger partial charge in [-0.05, 0) is 19.3 Å². The quantitative estimate of drug-likeness (QED) is 0.109. The molecule has 0 aliphatic rings. The first-order valence-electron chi connectivity index (χ1n) is 10.9. The van der Waals surface area contributed by atoms with Crippen molar-refractivity contribution in [1.29, 1.82) is 0 Å². The Morgan fingerprint density at radius 2 is 1.21 bits per heavy atom. The van der Waals surface area contributed by atoms with Crippen LogP contribution in [-0.4, -0.2) is 107 Å². The molecule has 0 saturated heterocycles. The summed E-state index contributed by atoms with van der Waals surface area (Å²) in [5.74, 6) is -1.67. The van der Waals surface area contributed by atoms with Crippen LogP contribution in [0, 0.1) is 0 Å². The third kappa shape index (κ3) is 22.7. The molecule has 0 rings (SSSR count). The van der Waals surface area contributed by atoms with E-state index in [1.54, 1.807) is 0 Å². The van der Waals surface area contributed by atoms with Crippen molar-refractivity contribution in [3.63, 3.8) is 0 Å². The molecule has 0 fully saturated rings. The predicted molar refractivity (Wildman–Crippen MR) is 117 cm³/mol. The van der Waals surface area contributed by atoms with Gasteiger partial charge in [0.15, 0.2) is 0 Å². The molecule has 6 N–H and O–H groups in total. The molecule has 0 aromatic heterocycles. The molecule has 0 spiro atoms. The van der Waals surface area contributed by atoms with E-state index in [0.29, 0.717) is 58.7 Å². The molecule has 0 heterocycles. The fraction of sp³-hybridized carbons (Fsp3) is 0.800. The maximum Gasteiger partial charge on any atom is 0.320 e. The Morgan fingerprint density at radius 1 is 0.727 bits per heavy atom. The lowest BCUT2D eigenvalue weighted by atomic mass is 10.1. The number of carboxylic acid groups (broad SMARTS) is 1. The highest BCUT2D eigenvalue weighted by atomic mass is 16.5. The van der Waals surface area contributed by atoms with Crippen molar-refractivity contribution >= 4 is 23.7 Å². The average Bonchev–Trinajstić information content (AvgIpc) is 2.76. The van der Waals surface area contributed by atoms with Crippen molar-refractivity contribution in [2.75, 3.05) is 72.5 Å². The van der Waals surface area contributed by atoms with Crippen molar-refractivity contribution in [1.82, 2.24) is 16.0 Å². The normalized spacial score (nSPS) is 11.6. The maximum absolute atomic E-state index is 11.6. The molecule has 0 unspecified atom stereocenters. The van der Waals surface area contributed by atoms with Crippen LogP contribution >= 0.6 is 0 Å². The monoisotopic (exact) mass is 478 g/mol. The molecule has 192 valence electrons. The van der Waals surface area contributed by atoms with Crippen molar-refractivity contribution < 1.29 is 43.2 Å². The van der Waals surface area contributed by atoms with Gasteiger partial charge in [-0.1, -0.05) is 0 Å². The van der Waals surface area contributed by atoms with Crippen molar-refractivity contribution in [3.05, 3.63) is 0 Å². The Bertz CT molecular complexity index is 564. The number of ether oxygens (including phenoxy) is 4. The molecule has 3 amide bonds. The molecule has 33 heavy (non-hydrogen) atoms. The summed E-state index contributed by atoms with van der Waals surface area (Å²) in [6.45, 7) is 4.23. The van der Waals surface area contributed by atoms with E-state index in [-0.39, 0.29) is 50.8 Å². The number of rotatable bonds is 22. The first-order chi connectivity index (χ1) is 15.8. The van der Waals surface area contributed by atoms with E-state index in [1.165, 1.54) is 6.92 Å². The van der Waals surface area contributed by atoms with Crippen LogP contribution in [0.4, 0.5) is 0 Å². The number of hydrogen-bond donors (Lipinski definition) is 5. The second-order valence-corrected chi connectivity index (χ2v) is 6.95. The van der Waals surface area contributed by atoms with Crippen LogP contribution < -0.4 is 21.7 Å². The van der Waals surface area contributed by atoms with E-state index >= 15 is 0 Å². The second kappa shape index (κ2) is 21.5. The third-order valence-electron chi connectivity index (χ3n) is 3.98. The zero-order valence-electron chi connectivity index (χ0n) is 19.3. The van der Waals surface area contributed by atoms with Crippen molar-refractivity contribution in [3.8, 4) is 0 Å². The highest BCUT2D eigenvalue weighted by Gasteiger charge is 2.10. The Morgan fingerprint density at radius 3 is 1.73 bits per heavy atom. The number of carboxylic acids is 1. The Balaban J connectivity index is 3.34. The van der Waals surface area contributed by atoms with Gasteiger partial charge in [-0.25, -0.2) is 0 Å². The molecule has 0 aliphatic heterocycles. The molecule has 0 aromatic carbocycles. The second-order valence-electron chi connectivity index (χ2n) is 6.95. The number of unbranched alkanes of at least 4 members (excludes halogenated alkanes) is 1. The Kier molecular flexibility index (Phi) is 20.0.